The van der Waals surface area contributed by atoms with Crippen LogP contribution >= 0.6 is 15.9 Å². The molecule has 1 atom stereocenters. The number of hydrogen-bond donors (Lipinski definition) is 1. The van der Waals surface area contributed by atoms with E-state index in [1.807, 2.05) is 30.3 Å². The number of hydrazone groups is 1. The van der Waals surface area contributed by atoms with Gasteiger partial charge in [-0.15, -0.1) is 0 Å². The van der Waals surface area contributed by atoms with Crippen LogP contribution in [0.3, 0.4) is 0 Å². The quantitative estimate of drug-likeness (QED) is 0.598. The molecule has 2 heterocycles. The average molecular weight is 430 g/mol. The summed E-state index contributed by atoms with van der Waals surface area (Å²) in [4.78, 5) is 26.2. The van der Waals surface area contributed by atoms with Gasteiger partial charge in [0.15, 0.2) is 11.5 Å². The van der Waals surface area contributed by atoms with Crippen LogP contribution < -0.4 is 19.8 Å². The Labute approximate surface area is 164 Å². The molecule has 8 heteroatoms. The molecule has 2 aliphatic heterocycles. The van der Waals surface area contributed by atoms with Gasteiger partial charge in [0, 0.05) is 23.1 Å². The van der Waals surface area contributed by atoms with Gasteiger partial charge in [-0.3, -0.25) is 9.59 Å². The van der Waals surface area contributed by atoms with Gasteiger partial charge in [-0.05, 0) is 48.0 Å². The summed E-state index contributed by atoms with van der Waals surface area (Å²) >= 11 is 3.37. The van der Waals surface area contributed by atoms with Gasteiger partial charge in [-0.25, -0.2) is 5.43 Å². The number of anilines is 1. The summed E-state index contributed by atoms with van der Waals surface area (Å²) in [5.74, 6) is 0.553. The van der Waals surface area contributed by atoms with Crippen molar-refractivity contribution in [2.24, 2.45) is 11.0 Å². The minimum atomic E-state index is -0.435. The van der Waals surface area contributed by atoms with Crippen LogP contribution in [0.5, 0.6) is 11.5 Å². The third-order valence-corrected chi connectivity index (χ3v) is 4.95. The van der Waals surface area contributed by atoms with Crippen LogP contribution in [-0.2, 0) is 9.59 Å². The number of nitrogens with zero attached hydrogens (tertiary/aromatic N) is 2. The zero-order valence-corrected chi connectivity index (χ0v) is 15.8. The summed E-state index contributed by atoms with van der Waals surface area (Å²) in [7, 11) is 0. The fourth-order valence-corrected chi connectivity index (χ4v) is 3.27. The SMILES string of the molecule is O=C(N/N=C\c1ccc2c(c1)OCO2)[C@H]1CC(=O)N(c2ccc(Br)cc2)C1. The first-order valence-electron chi connectivity index (χ1n) is 8.38. The molecule has 4 rings (SSSR count). The Balaban J connectivity index is 1.36. The van der Waals surface area contributed by atoms with Crippen LogP contribution in [0.25, 0.3) is 0 Å². The Morgan fingerprint density at radius 1 is 1.19 bits per heavy atom. The lowest BCUT2D eigenvalue weighted by Gasteiger charge is -2.16. The van der Waals surface area contributed by atoms with Crippen LogP contribution in [0.2, 0.25) is 0 Å². The van der Waals surface area contributed by atoms with Crippen molar-refractivity contribution in [3.8, 4) is 11.5 Å². The molecule has 0 bridgehead atoms. The number of amides is 2. The Kier molecular flexibility index (Phi) is 4.81. The summed E-state index contributed by atoms with van der Waals surface area (Å²) in [6, 6.07) is 12.8. The molecule has 2 amide bonds. The topological polar surface area (TPSA) is 80.2 Å². The van der Waals surface area contributed by atoms with E-state index >= 15 is 0 Å². The molecule has 1 N–H and O–H groups in total. The number of rotatable bonds is 4. The highest BCUT2D eigenvalue weighted by molar-refractivity contribution is 9.10. The van der Waals surface area contributed by atoms with E-state index in [2.05, 4.69) is 26.5 Å². The lowest BCUT2D eigenvalue weighted by molar-refractivity contribution is -0.126. The number of hydrogen-bond acceptors (Lipinski definition) is 5. The van der Waals surface area contributed by atoms with E-state index in [9.17, 15) is 9.59 Å². The number of carbonyl (C=O) groups excluding carboxylic acids is 2. The number of fused-ring (bicyclic) bond motifs is 1. The van der Waals surface area contributed by atoms with Gasteiger partial charge in [-0.2, -0.15) is 5.10 Å². The number of benzene rings is 2. The predicted octanol–water partition coefficient (Wildman–Crippen LogP) is 2.68. The van der Waals surface area contributed by atoms with Crippen LogP contribution in [0.4, 0.5) is 5.69 Å². The second kappa shape index (κ2) is 7.40. The van der Waals surface area contributed by atoms with E-state index < -0.39 is 5.92 Å². The molecule has 2 aromatic carbocycles. The molecule has 0 aliphatic carbocycles. The molecule has 0 unspecified atom stereocenters. The van der Waals surface area contributed by atoms with E-state index in [0.717, 1.165) is 15.7 Å². The Morgan fingerprint density at radius 2 is 1.96 bits per heavy atom. The molecule has 0 spiro atoms. The first-order chi connectivity index (χ1) is 13.1. The van der Waals surface area contributed by atoms with Crippen LogP contribution in [0.15, 0.2) is 52.0 Å². The van der Waals surface area contributed by atoms with E-state index in [4.69, 9.17) is 9.47 Å². The van der Waals surface area contributed by atoms with Crippen molar-refractivity contribution in [1.29, 1.82) is 0 Å². The first-order valence-corrected chi connectivity index (χ1v) is 9.18. The van der Waals surface area contributed by atoms with Crippen molar-refractivity contribution >= 4 is 39.6 Å². The maximum Gasteiger partial charge on any atom is 0.245 e. The maximum atomic E-state index is 12.3. The highest BCUT2D eigenvalue weighted by Crippen LogP contribution is 2.32. The van der Waals surface area contributed by atoms with Gasteiger partial charge in [0.25, 0.3) is 0 Å². The Bertz CT molecular complexity index is 914. The number of nitrogens with one attached hydrogen (secondary N) is 1. The molecule has 27 heavy (non-hydrogen) atoms. The monoisotopic (exact) mass is 429 g/mol. The lowest BCUT2D eigenvalue weighted by Crippen LogP contribution is -2.30. The molecule has 138 valence electrons. The van der Waals surface area contributed by atoms with Crippen molar-refractivity contribution in [3.63, 3.8) is 0 Å². The summed E-state index contributed by atoms with van der Waals surface area (Å²) in [5, 5.41) is 3.99. The van der Waals surface area contributed by atoms with Crippen molar-refractivity contribution in [3.05, 3.63) is 52.5 Å². The minimum Gasteiger partial charge on any atom is -0.454 e. The Hall–Kier alpha value is -2.87. The molecule has 0 saturated carbocycles. The standard InChI is InChI=1S/C19H16BrN3O4/c20-14-2-4-15(5-3-14)23-10-13(8-18(23)24)19(25)22-21-9-12-1-6-16-17(7-12)27-11-26-16/h1-7,9,13H,8,10-11H2,(H,22,25)/b21-9-/t13-/m0/s1. The largest absolute Gasteiger partial charge is 0.454 e. The molecular weight excluding hydrogens is 414 g/mol. The lowest BCUT2D eigenvalue weighted by atomic mass is 10.1. The molecule has 2 aliphatic rings. The molecule has 7 nitrogen and oxygen atoms in total. The number of ether oxygens (including phenoxy) is 2. The number of carbonyl (C=O) groups is 2. The molecule has 0 aromatic heterocycles. The molecular formula is C19H16BrN3O4. The smallest absolute Gasteiger partial charge is 0.245 e. The maximum absolute atomic E-state index is 12.3. The van der Waals surface area contributed by atoms with Gasteiger partial charge in [0.2, 0.25) is 18.6 Å². The van der Waals surface area contributed by atoms with Crippen molar-refractivity contribution in [1.82, 2.24) is 5.43 Å². The van der Waals surface area contributed by atoms with Crippen molar-refractivity contribution < 1.29 is 19.1 Å². The van der Waals surface area contributed by atoms with Crippen LogP contribution in [0, 0.1) is 5.92 Å². The van der Waals surface area contributed by atoms with Crippen molar-refractivity contribution in [2.45, 2.75) is 6.42 Å². The highest BCUT2D eigenvalue weighted by atomic mass is 79.9. The molecule has 1 saturated heterocycles. The second-order valence-electron chi connectivity index (χ2n) is 6.23. The summed E-state index contributed by atoms with van der Waals surface area (Å²) < 4.78 is 11.5. The third kappa shape index (κ3) is 3.80. The molecule has 1 fully saturated rings. The zero-order valence-electron chi connectivity index (χ0n) is 14.2. The van der Waals surface area contributed by atoms with Crippen LogP contribution in [-0.4, -0.2) is 31.4 Å². The predicted molar refractivity (Wildman–Crippen MR) is 103 cm³/mol. The van der Waals surface area contributed by atoms with Gasteiger partial charge in [0.1, 0.15) is 0 Å². The van der Waals surface area contributed by atoms with E-state index in [1.54, 1.807) is 17.0 Å². The summed E-state index contributed by atoms with van der Waals surface area (Å²) in [6.45, 7) is 0.545. The zero-order chi connectivity index (χ0) is 18.8. The average Bonchev–Trinajstić information content (AvgIpc) is 3.28. The van der Waals surface area contributed by atoms with E-state index in [0.29, 0.717) is 18.0 Å². The normalized spacial score (nSPS) is 18.3. The highest BCUT2D eigenvalue weighted by Gasteiger charge is 2.35. The fourth-order valence-electron chi connectivity index (χ4n) is 3.01. The summed E-state index contributed by atoms with van der Waals surface area (Å²) in [6.07, 6.45) is 1.70. The van der Waals surface area contributed by atoms with E-state index in [-0.39, 0.29) is 25.0 Å². The fraction of sp³-hybridized carbons (Fsp3) is 0.211. The van der Waals surface area contributed by atoms with Crippen molar-refractivity contribution in [2.75, 3.05) is 18.2 Å². The molecule has 2 aromatic rings. The number of halogens is 1. The molecule has 0 radical (unpaired) electrons. The second-order valence-corrected chi connectivity index (χ2v) is 7.14. The van der Waals surface area contributed by atoms with Gasteiger partial charge in [0.05, 0.1) is 12.1 Å². The van der Waals surface area contributed by atoms with E-state index in [1.165, 1.54) is 6.21 Å². The van der Waals surface area contributed by atoms with Gasteiger partial charge < -0.3 is 14.4 Å². The third-order valence-electron chi connectivity index (χ3n) is 4.42. The van der Waals surface area contributed by atoms with Gasteiger partial charge in [-0.1, -0.05) is 15.9 Å². The van der Waals surface area contributed by atoms with Gasteiger partial charge >= 0.3 is 0 Å². The summed E-state index contributed by atoms with van der Waals surface area (Å²) in [5.41, 5.74) is 4.07. The first kappa shape index (κ1) is 17.5. The van der Waals surface area contributed by atoms with Crippen LogP contribution in [0.1, 0.15) is 12.0 Å². The minimum absolute atomic E-state index is 0.0720. The Morgan fingerprint density at radius 3 is 2.78 bits per heavy atom.